The van der Waals surface area contributed by atoms with Crippen LogP contribution in [-0.4, -0.2) is 10.2 Å². The number of hydrogen-bond donors (Lipinski definition) is 1. The van der Waals surface area contributed by atoms with Gasteiger partial charge in [-0.3, -0.25) is 5.10 Å². The van der Waals surface area contributed by atoms with E-state index in [1.54, 1.807) is 0 Å². The highest BCUT2D eigenvalue weighted by Crippen LogP contribution is 2.30. The van der Waals surface area contributed by atoms with Crippen molar-refractivity contribution in [3.63, 3.8) is 0 Å². The standard InChI is InChI=1S/C5H4ClF3N2/c6-1-3-2-10-11-4(3)5(7,8)9/h2H,1H2,(H,10,11). The van der Waals surface area contributed by atoms with Crippen molar-refractivity contribution in [1.82, 2.24) is 10.2 Å². The lowest BCUT2D eigenvalue weighted by atomic mass is 10.3. The first-order valence-electron chi connectivity index (χ1n) is 2.71. The average Bonchev–Trinajstić information content (AvgIpc) is 2.31. The topological polar surface area (TPSA) is 28.7 Å². The Labute approximate surface area is 65.4 Å². The van der Waals surface area contributed by atoms with Gasteiger partial charge in [-0.25, -0.2) is 0 Å². The van der Waals surface area contributed by atoms with Crippen LogP contribution in [0.4, 0.5) is 13.2 Å². The van der Waals surface area contributed by atoms with E-state index in [0.29, 0.717) is 0 Å². The Balaban J connectivity index is 3.02. The van der Waals surface area contributed by atoms with Crippen molar-refractivity contribution in [2.75, 3.05) is 0 Å². The predicted octanol–water partition coefficient (Wildman–Crippen LogP) is 2.17. The molecule has 1 aromatic rings. The van der Waals surface area contributed by atoms with Crippen LogP contribution in [0.2, 0.25) is 0 Å². The van der Waals surface area contributed by atoms with Gasteiger partial charge in [0.1, 0.15) is 5.69 Å². The molecule has 62 valence electrons. The van der Waals surface area contributed by atoms with E-state index in [0.717, 1.165) is 6.20 Å². The largest absolute Gasteiger partial charge is 0.433 e. The molecule has 1 N–H and O–H groups in total. The van der Waals surface area contributed by atoms with Gasteiger partial charge in [0, 0.05) is 5.56 Å². The Morgan fingerprint density at radius 2 is 2.18 bits per heavy atom. The molecule has 0 aromatic carbocycles. The quantitative estimate of drug-likeness (QED) is 0.666. The van der Waals surface area contributed by atoms with Gasteiger partial charge in [-0.1, -0.05) is 0 Å². The lowest BCUT2D eigenvalue weighted by molar-refractivity contribution is -0.141. The summed E-state index contributed by atoms with van der Waals surface area (Å²) in [6.07, 6.45) is -3.32. The summed E-state index contributed by atoms with van der Waals surface area (Å²) in [5.74, 6) is -0.189. The summed E-state index contributed by atoms with van der Waals surface area (Å²) in [5.41, 5.74) is -0.897. The van der Waals surface area contributed by atoms with Crippen molar-refractivity contribution in [3.8, 4) is 0 Å². The molecule has 2 nitrogen and oxygen atoms in total. The van der Waals surface area contributed by atoms with Gasteiger partial charge in [0.15, 0.2) is 0 Å². The van der Waals surface area contributed by atoms with Crippen molar-refractivity contribution in [2.24, 2.45) is 0 Å². The number of nitrogens with one attached hydrogen (secondary N) is 1. The van der Waals surface area contributed by atoms with E-state index in [1.165, 1.54) is 0 Å². The van der Waals surface area contributed by atoms with Crippen LogP contribution in [-0.2, 0) is 12.1 Å². The first kappa shape index (κ1) is 8.39. The molecule has 0 aliphatic carbocycles. The van der Waals surface area contributed by atoms with Crippen LogP contribution in [0.5, 0.6) is 0 Å². The van der Waals surface area contributed by atoms with Crippen LogP contribution in [0.15, 0.2) is 6.20 Å². The van der Waals surface area contributed by atoms with Crippen LogP contribution in [0.1, 0.15) is 11.3 Å². The highest BCUT2D eigenvalue weighted by molar-refractivity contribution is 6.17. The Bertz CT molecular complexity index is 242. The molecule has 0 aliphatic heterocycles. The maximum atomic E-state index is 11.9. The Morgan fingerprint density at radius 3 is 2.55 bits per heavy atom. The van der Waals surface area contributed by atoms with Crippen LogP contribution in [0.3, 0.4) is 0 Å². The Hall–Kier alpha value is -0.710. The normalized spacial score (nSPS) is 12.0. The fourth-order valence-electron chi connectivity index (χ4n) is 0.658. The van der Waals surface area contributed by atoms with E-state index < -0.39 is 11.9 Å². The molecular weight excluding hydrogens is 181 g/mol. The second kappa shape index (κ2) is 2.73. The molecule has 11 heavy (non-hydrogen) atoms. The summed E-state index contributed by atoms with van der Waals surface area (Å²) in [5, 5.41) is 5.07. The SMILES string of the molecule is FC(F)(F)c1[nH]ncc1CCl. The van der Waals surface area contributed by atoms with Crippen molar-refractivity contribution >= 4 is 11.6 Å². The number of H-pyrrole nitrogens is 1. The van der Waals surface area contributed by atoms with Gasteiger partial charge in [0.05, 0.1) is 12.1 Å². The summed E-state index contributed by atoms with van der Waals surface area (Å²) in [4.78, 5) is 0. The Morgan fingerprint density at radius 1 is 1.55 bits per heavy atom. The van der Waals surface area contributed by atoms with Crippen molar-refractivity contribution in [2.45, 2.75) is 12.1 Å². The molecule has 1 aromatic heterocycles. The molecule has 0 radical (unpaired) electrons. The molecule has 0 unspecified atom stereocenters. The molecular formula is C5H4ClF3N2. The number of hydrogen-bond acceptors (Lipinski definition) is 1. The summed E-state index contributed by atoms with van der Waals surface area (Å²) in [6.45, 7) is 0. The maximum Gasteiger partial charge on any atom is 0.433 e. The first-order chi connectivity index (χ1) is 5.05. The molecule has 0 saturated heterocycles. The van der Waals surface area contributed by atoms with Crippen molar-refractivity contribution in [3.05, 3.63) is 17.5 Å². The van der Waals surface area contributed by atoms with Gasteiger partial charge in [-0.2, -0.15) is 18.3 Å². The van der Waals surface area contributed by atoms with Gasteiger partial charge in [0.2, 0.25) is 0 Å². The lowest BCUT2D eigenvalue weighted by Gasteiger charge is -2.03. The smallest absolute Gasteiger partial charge is 0.273 e. The highest BCUT2D eigenvalue weighted by atomic mass is 35.5. The first-order valence-corrected chi connectivity index (χ1v) is 3.24. The molecule has 0 aliphatic rings. The highest BCUT2D eigenvalue weighted by Gasteiger charge is 2.34. The molecule has 0 amide bonds. The zero-order valence-corrected chi connectivity index (χ0v) is 6.00. The number of aromatic amines is 1. The monoisotopic (exact) mass is 184 g/mol. The third-order valence-electron chi connectivity index (χ3n) is 1.15. The van der Waals surface area contributed by atoms with E-state index in [9.17, 15) is 13.2 Å². The van der Waals surface area contributed by atoms with E-state index in [4.69, 9.17) is 11.6 Å². The van der Waals surface area contributed by atoms with Gasteiger partial charge >= 0.3 is 6.18 Å². The second-order valence-electron chi connectivity index (χ2n) is 1.90. The van der Waals surface area contributed by atoms with E-state index in [2.05, 4.69) is 5.10 Å². The van der Waals surface area contributed by atoms with E-state index in [1.807, 2.05) is 5.10 Å². The second-order valence-corrected chi connectivity index (χ2v) is 2.17. The fraction of sp³-hybridized carbons (Fsp3) is 0.400. The van der Waals surface area contributed by atoms with Gasteiger partial charge < -0.3 is 0 Å². The molecule has 1 rings (SSSR count). The number of aromatic nitrogens is 2. The minimum absolute atomic E-state index is 0.0285. The predicted molar refractivity (Wildman–Crippen MR) is 33.1 cm³/mol. The number of alkyl halides is 4. The summed E-state index contributed by atoms with van der Waals surface area (Å²) < 4.78 is 35.8. The molecule has 1 heterocycles. The molecule has 6 heteroatoms. The summed E-state index contributed by atoms with van der Waals surface area (Å²) in [7, 11) is 0. The lowest BCUT2D eigenvalue weighted by Crippen LogP contribution is -2.07. The molecule has 0 atom stereocenters. The third kappa shape index (κ3) is 1.65. The van der Waals surface area contributed by atoms with E-state index in [-0.39, 0.29) is 11.4 Å². The third-order valence-corrected chi connectivity index (χ3v) is 1.43. The zero-order chi connectivity index (χ0) is 8.48. The summed E-state index contributed by atoms with van der Waals surface area (Å²) >= 11 is 5.22. The van der Waals surface area contributed by atoms with Gasteiger partial charge in [-0.05, 0) is 0 Å². The zero-order valence-electron chi connectivity index (χ0n) is 5.24. The van der Waals surface area contributed by atoms with Crippen LogP contribution in [0.25, 0.3) is 0 Å². The molecule has 0 bridgehead atoms. The number of halogens is 4. The van der Waals surface area contributed by atoms with Crippen LogP contribution >= 0.6 is 11.6 Å². The number of nitrogens with zero attached hydrogens (tertiary/aromatic N) is 1. The number of rotatable bonds is 1. The van der Waals surface area contributed by atoms with Crippen molar-refractivity contribution in [1.29, 1.82) is 0 Å². The van der Waals surface area contributed by atoms with Crippen LogP contribution < -0.4 is 0 Å². The van der Waals surface area contributed by atoms with E-state index >= 15 is 0 Å². The minimum Gasteiger partial charge on any atom is -0.273 e. The fourth-order valence-corrected chi connectivity index (χ4v) is 0.860. The van der Waals surface area contributed by atoms with Crippen molar-refractivity contribution < 1.29 is 13.2 Å². The summed E-state index contributed by atoms with van der Waals surface area (Å²) in [6, 6.07) is 0. The average molecular weight is 185 g/mol. The molecule has 0 fully saturated rings. The Kier molecular flexibility index (Phi) is 2.08. The molecule has 0 saturated carbocycles. The van der Waals surface area contributed by atoms with Gasteiger partial charge in [0.25, 0.3) is 0 Å². The van der Waals surface area contributed by atoms with Gasteiger partial charge in [-0.15, -0.1) is 11.6 Å². The minimum atomic E-state index is -4.39. The van der Waals surface area contributed by atoms with Crippen LogP contribution in [0, 0.1) is 0 Å². The molecule has 0 spiro atoms. The maximum absolute atomic E-state index is 11.9.